The molecule has 0 aromatic heterocycles. The zero-order chi connectivity index (χ0) is 19.6. The van der Waals surface area contributed by atoms with Crippen LogP contribution < -0.4 is 0 Å². The molecule has 0 spiro atoms. The van der Waals surface area contributed by atoms with Crippen molar-refractivity contribution in [3.63, 3.8) is 0 Å². The number of phenolic OH excluding ortho intramolecular Hbond substituents is 3. The number of ketones is 2. The summed E-state index contributed by atoms with van der Waals surface area (Å²) in [6.45, 7) is 6.84. The zero-order valence-electron chi connectivity index (χ0n) is 15.6. The minimum absolute atomic E-state index is 0.109. The van der Waals surface area contributed by atoms with Crippen LogP contribution in [0.2, 0.25) is 0 Å². The Bertz CT molecular complexity index is 809. The average molecular weight is 362 g/mol. The molecule has 0 amide bonds. The maximum absolute atomic E-state index is 13.0. The van der Waals surface area contributed by atoms with Crippen LogP contribution in [0, 0.1) is 11.3 Å². The van der Waals surface area contributed by atoms with E-state index in [4.69, 9.17) is 0 Å². The van der Waals surface area contributed by atoms with Gasteiger partial charge in [0.1, 0.15) is 5.75 Å². The third kappa shape index (κ3) is 2.21. The number of aliphatic hydroxyl groups is 1. The number of aliphatic hydroxyl groups excluding tert-OH is 1. The van der Waals surface area contributed by atoms with E-state index in [1.807, 2.05) is 20.8 Å². The third-order valence-electron chi connectivity index (χ3n) is 6.44. The number of hydrogen-bond acceptors (Lipinski definition) is 6. The van der Waals surface area contributed by atoms with E-state index in [-0.39, 0.29) is 16.7 Å². The fourth-order valence-electron chi connectivity index (χ4n) is 5.29. The van der Waals surface area contributed by atoms with Crippen LogP contribution in [0.15, 0.2) is 0 Å². The molecular weight excluding hydrogens is 336 g/mol. The fraction of sp³-hybridized carbons (Fsp3) is 0.600. The minimum Gasteiger partial charge on any atom is -0.507 e. The van der Waals surface area contributed by atoms with Gasteiger partial charge in [0, 0.05) is 35.0 Å². The van der Waals surface area contributed by atoms with Crippen LogP contribution in [0.4, 0.5) is 0 Å². The Kier molecular flexibility index (Phi) is 4.11. The molecule has 3 atom stereocenters. The van der Waals surface area contributed by atoms with E-state index in [2.05, 4.69) is 0 Å². The fourth-order valence-corrected chi connectivity index (χ4v) is 5.29. The summed E-state index contributed by atoms with van der Waals surface area (Å²) in [4.78, 5) is 25.9. The van der Waals surface area contributed by atoms with Crippen molar-refractivity contribution in [1.82, 2.24) is 0 Å². The second kappa shape index (κ2) is 5.71. The van der Waals surface area contributed by atoms with E-state index < -0.39 is 58.1 Å². The summed E-state index contributed by atoms with van der Waals surface area (Å²) in [6, 6.07) is 0. The Hall–Kier alpha value is -2.08. The van der Waals surface area contributed by atoms with E-state index in [1.165, 1.54) is 0 Å². The van der Waals surface area contributed by atoms with Gasteiger partial charge in [-0.3, -0.25) is 9.59 Å². The number of fused-ring (bicyclic) bond motifs is 3. The molecule has 2 aliphatic rings. The van der Waals surface area contributed by atoms with Gasteiger partial charge in [-0.2, -0.15) is 0 Å². The predicted octanol–water partition coefficient (Wildman–Crippen LogP) is 2.75. The molecule has 6 heteroatoms. The molecule has 3 rings (SSSR count). The van der Waals surface area contributed by atoms with Gasteiger partial charge in [0.15, 0.2) is 11.5 Å². The van der Waals surface area contributed by atoms with Gasteiger partial charge in [-0.05, 0) is 18.3 Å². The Morgan fingerprint density at radius 1 is 1.04 bits per heavy atom. The van der Waals surface area contributed by atoms with Gasteiger partial charge in [-0.25, -0.2) is 0 Å². The smallest absolute Gasteiger partial charge is 0.233 e. The topological polar surface area (TPSA) is 115 Å². The number of carbonyl (C=O) groups excluding carboxylic acids is 2. The molecular formula is C20H26O6. The van der Waals surface area contributed by atoms with Crippen molar-refractivity contribution in [3.05, 3.63) is 16.7 Å². The van der Waals surface area contributed by atoms with Crippen LogP contribution in [-0.4, -0.2) is 38.6 Å². The lowest BCUT2D eigenvalue weighted by atomic mass is 9.49. The van der Waals surface area contributed by atoms with Gasteiger partial charge >= 0.3 is 0 Å². The van der Waals surface area contributed by atoms with Gasteiger partial charge in [-0.15, -0.1) is 0 Å². The third-order valence-corrected chi connectivity index (χ3v) is 6.44. The summed E-state index contributed by atoms with van der Waals surface area (Å²) in [6.07, 6.45) is 2.14. The number of Topliss-reactive ketones (excluding diaryl/α,β-unsaturated/α-hetero) is 2. The van der Waals surface area contributed by atoms with E-state index in [9.17, 15) is 30.0 Å². The summed E-state index contributed by atoms with van der Waals surface area (Å²) < 4.78 is 0. The van der Waals surface area contributed by atoms with E-state index in [0.717, 1.165) is 12.8 Å². The highest BCUT2D eigenvalue weighted by atomic mass is 16.3. The molecule has 0 radical (unpaired) electrons. The number of rotatable bonds is 2. The zero-order valence-corrected chi connectivity index (χ0v) is 15.6. The molecule has 0 heterocycles. The SMILES string of the molecule is C[C@@H](CO)c1c(O)c(O)c2c(c1O)C(=O)C(=O)[C@H]1C(C)(C)CCC[C@]21C. The Morgan fingerprint density at radius 3 is 2.23 bits per heavy atom. The van der Waals surface area contributed by atoms with Crippen molar-refractivity contribution in [3.8, 4) is 17.2 Å². The van der Waals surface area contributed by atoms with Crippen molar-refractivity contribution in [1.29, 1.82) is 0 Å². The molecule has 2 aliphatic carbocycles. The highest BCUT2D eigenvalue weighted by molar-refractivity contribution is 6.47. The molecule has 0 saturated heterocycles. The standard InChI is InChI=1S/C20H26O6/c1-9(8-21)10-13(22)11-12(16(25)14(10)23)20(4)7-5-6-19(2,3)18(20)17(26)15(11)24/h9,18,21-23,25H,5-8H2,1-4H3/t9-,18-,20+/m0/s1. The van der Waals surface area contributed by atoms with Gasteiger partial charge in [0.05, 0.1) is 5.56 Å². The van der Waals surface area contributed by atoms with Gasteiger partial charge in [0.2, 0.25) is 11.6 Å². The van der Waals surface area contributed by atoms with Gasteiger partial charge < -0.3 is 20.4 Å². The first kappa shape index (κ1) is 18.7. The normalized spacial score (nSPS) is 28.4. The van der Waals surface area contributed by atoms with Crippen LogP contribution in [0.25, 0.3) is 0 Å². The second-order valence-corrected chi connectivity index (χ2v) is 8.68. The number of aromatic hydroxyl groups is 3. The van der Waals surface area contributed by atoms with Crippen LogP contribution in [0.5, 0.6) is 17.2 Å². The molecule has 1 aromatic rings. The largest absolute Gasteiger partial charge is 0.507 e. The number of hydrogen-bond donors (Lipinski definition) is 4. The number of carbonyl (C=O) groups is 2. The highest BCUT2D eigenvalue weighted by Crippen LogP contribution is 2.61. The van der Waals surface area contributed by atoms with E-state index in [1.54, 1.807) is 6.92 Å². The molecule has 26 heavy (non-hydrogen) atoms. The Labute approximate surface area is 152 Å². The summed E-state index contributed by atoms with van der Waals surface area (Å²) >= 11 is 0. The van der Waals surface area contributed by atoms with Gasteiger partial charge in [-0.1, -0.05) is 34.1 Å². The molecule has 1 saturated carbocycles. The molecule has 4 N–H and O–H groups in total. The molecule has 142 valence electrons. The monoisotopic (exact) mass is 362 g/mol. The average Bonchev–Trinajstić information content (AvgIpc) is 2.55. The van der Waals surface area contributed by atoms with E-state index in [0.29, 0.717) is 6.42 Å². The van der Waals surface area contributed by atoms with Crippen molar-refractivity contribution >= 4 is 11.6 Å². The maximum Gasteiger partial charge on any atom is 0.233 e. The summed E-state index contributed by atoms with van der Waals surface area (Å²) in [5.41, 5.74) is -1.48. The van der Waals surface area contributed by atoms with Crippen LogP contribution in [-0.2, 0) is 10.2 Å². The van der Waals surface area contributed by atoms with Crippen molar-refractivity contribution in [2.75, 3.05) is 6.61 Å². The summed E-state index contributed by atoms with van der Waals surface area (Å²) in [5, 5.41) is 41.4. The van der Waals surface area contributed by atoms with Gasteiger partial charge in [0.25, 0.3) is 0 Å². The lowest BCUT2D eigenvalue weighted by molar-refractivity contribution is -0.128. The van der Waals surface area contributed by atoms with Crippen LogP contribution in [0.3, 0.4) is 0 Å². The number of benzene rings is 1. The molecule has 0 unspecified atom stereocenters. The van der Waals surface area contributed by atoms with Crippen molar-refractivity contribution < 1.29 is 30.0 Å². The molecule has 0 bridgehead atoms. The van der Waals surface area contributed by atoms with Crippen LogP contribution in [0.1, 0.15) is 74.4 Å². The lowest BCUT2D eigenvalue weighted by Gasteiger charge is -2.52. The molecule has 1 aromatic carbocycles. The first-order valence-electron chi connectivity index (χ1n) is 8.99. The summed E-state index contributed by atoms with van der Waals surface area (Å²) in [5.74, 6) is -4.26. The summed E-state index contributed by atoms with van der Waals surface area (Å²) in [7, 11) is 0. The van der Waals surface area contributed by atoms with Crippen LogP contribution >= 0.6 is 0 Å². The Balaban J connectivity index is 2.40. The second-order valence-electron chi connectivity index (χ2n) is 8.68. The molecule has 0 aliphatic heterocycles. The maximum atomic E-state index is 13.0. The van der Waals surface area contributed by atoms with Crippen molar-refractivity contribution in [2.24, 2.45) is 11.3 Å². The lowest BCUT2D eigenvalue weighted by Crippen LogP contribution is -2.54. The van der Waals surface area contributed by atoms with Crippen molar-refractivity contribution in [2.45, 2.75) is 58.3 Å². The number of phenols is 3. The minimum atomic E-state index is -0.859. The molecule has 6 nitrogen and oxygen atoms in total. The van der Waals surface area contributed by atoms with E-state index >= 15 is 0 Å². The first-order chi connectivity index (χ1) is 12.0. The highest BCUT2D eigenvalue weighted by Gasteiger charge is 2.59. The predicted molar refractivity (Wildman–Crippen MR) is 94.7 cm³/mol. The first-order valence-corrected chi connectivity index (χ1v) is 8.99. The quantitative estimate of drug-likeness (QED) is 0.365. The Morgan fingerprint density at radius 2 is 1.65 bits per heavy atom. The molecule has 1 fully saturated rings.